The molecular weight excluding hydrogens is 440 g/mol. The highest BCUT2D eigenvalue weighted by Crippen LogP contribution is 2.62. The van der Waals surface area contributed by atoms with Gasteiger partial charge in [0, 0.05) is 31.2 Å². The lowest BCUT2D eigenvalue weighted by Crippen LogP contribution is -2.70. The maximum Gasteiger partial charge on any atom is 0.245 e. The van der Waals surface area contributed by atoms with Gasteiger partial charge in [0.05, 0.1) is 17.3 Å². The van der Waals surface area contributed by atoms with E-state index in [0.29, 0.717) is 16.6 Å². The average molecular weight is 469 g/mol. The van der Waals surface area contributed by atoms with E-state index in [1.54, 1.807) is 24.5 Å². The number of methoxy groups -OCH3 is 1. The van der Waals surface area contributed by atoms with Crippen molar-refractivity contribution in [3.8, 4) is 5.75 Å². The van der Waals surface area contributed by atoms with Crippen LogP contribution in [0.15, 0.2) is 21.5 Å². The molecule has 7 heteroatoms. The zero-order chi connectivity index (χ0) is 19.7. The fourth-order valence-corrected chi connectivity index (χ4v) is 8.10. The standard InChI is InChI=1S/C21H29BrN2O3S/c1-23-18(15-6-4-3-5-7-15)13-24(21-10-14(11-21)12-21)17-8-16(22)19(27-2)9-20(17)28(23,25)26/h8-9,14-15,18H,3-7,10-13H2,1-2H3/t14?,18-,21?/m0/s1. The van der Waals surface area contributed by atoms with E-state index in [-0.39, 0.29) is 11.6 Å². The van der Waals surface area contributed by atoms with Gasteiger partial charge in [-0.05, 0) is 65.9 Å². The summed E-state index contributed by atoms with van der Waals surface area (Å²) in [5, 5.41) is 0. The number of nitrogens with zero attached hydrogens (tertiary/aromatic N) is 2. The number of ether oxygens (including phenoxy) is 1. The van der Waals surface area contributed by atoms with Crippen molar-refractivity contribution in [1.29, 1.82) is 0 Å². The van der Waals surface area contributed by atoms with Crippen LogP contribution in [0.1, 0.15) is 51.4 Å². The van der Waals surface area contributed by atoms with Crippen molar-refractivity contribution < 1.29 is 13.2 Å². The fraction of sp³-hybridized carbons (Fsp3) is 0.714. The van der Waals surface area contributed by atoms with E-state index in [1.165, 1.54) is 38.5 Å². The van der Waals surface area contributed by atoms with Gasteiger partial charge >= 0.3 is 0 Å². The van der Waals surface area contributed by atoms with Crippen LogP contribution < -0.4 is 9.64 Å². The third-order valence-electron chi connectivity index (χ3n) is 7.79. The molecule has 0 saturated heterocycles. The van der Waals surface area contributed by atoms with Gasteiger partial charge in [-0.1, -0.05) is 19.3 Å². The van der Waals surface area contributed by atoms with E-state index in [1.807, 2.05) is 6.07 Å². The van der Waals surface area contributed by atoms with Gasteiger partial charge in [0.2, 0.25) is 10.0 Å². The Morgan fingerprint density at radius 2 is 1.82 bits per heavy atom. The van der Waals surface area contributed by atoms with Crippen LogP contribution in [0.3, 0.4) is 0 Å². The molecule has 4 fully saturated rings. The summed E-state index contributed by atoms with van der Waals surface area (Å²) in [4.78, 5) is 2.87. The first-order valence-electron chi connectivity index (χ1n) is 10.5. The van der Waals surface area contributed by atoms with Crippen molar-refractivity contribution in [2.75, 3.05) is 25.6 Å². The summed E-state index contributed by atoms with van der Waals surface area (Å²) in [5.74, 6) is 1.86. The van der Waals surface area contributed by atoms with Gasteiger partial charge in [0.25, 0.3) is 0 Å². The van der Waals surface area contributed by atoms with E-state index in [9.17, 15) is 8.42 Å². The number of hydrogen-bond donors (Lipinski definition) is 0. The van der Waals surface area contributed by atoms with Crippen LogP contribution >= 0.6 is 15.9 Å². The van der Waals surface area contributed by atoms with Crippen LogP contribution in [-0.4, -0.2) is 45.0 Å². The molecule has 0 aromatic heterocycles. The average Bonchev–Trinajstić information content (AvgIpc) is 2.68. The Kier molecular flexibility index (Phi) is 4.53. The number of halogens is 1. The molecule has 4 aliphatic carbocycles. The first kappa shape index (κ1) is 19.2. The molecular formula is C21H29BrN2O3S. The van der Waals surface area contributed by atoms with Gasteiger partial charge in [-0.15, -0.1) is 0 Å². The summed E-state index contributed by atoms with van der Waals surface area (Å²) >= 11 is 3.59. The Hall–Kier alpha value is -0.790. The van der Waals surface area contributed by atoms with Crippen LogP contribution in [0.5, 0.6) is 5.75 Å². The largest absolute Gasteiger partial charge is 0.496 e. The summed E-state index contributed by atoms with van der Waals surface area (Å²) in [6.07, 6.45) is 9.60. The van der Waals surface area contributed by atoms with Crippen LogP contribution in [0.25, 0.3) is 0 Å². The predicted molar refractivity (Wildman–Crippen MR) is 113 cm³/mol. The van der Waals surface area contributed by atoms with Gasteiger partial charge in [-0.25, -0.2) is 8.42 Å². The van der Waals surface area contributed by atoms with E-state index >= 15 is 0 Å². The van der Waals surface area contributed by atoms with Crippen LogP contribution in [0.2, 0.25) is 0 Å². The van der Waals surface area contributed by atoms with Crippen LogP contribution in [-0.2, 0) is 10.0 Å². The highest BCUT2D eigenvalue weighted by Gasteiger charge is 2.61. The van der Waals surface area contributed by atoms with Crippen LogP contribution in [0.4, 0.5) is 5.69 Å². The summed E-state index contributed by atoms with van der Waals surface area (Å²) < 4.78 is 35.3. The molecule has 5 nitrogen and oxygen atoms in total. The zero-order valence-corrected chi connectivity index (χ0v) is 19.1. The lowest BCUT2D eigenvalue weighted by molar-refractivity contribution is -0.0283. The van der Waals surface area contributed by atoms with Gasteiger partial charge in [0.15, 0.2) is 0 Å². The molecule has 0 spiro atoms. The van der Waals surface area contributed by atoms with Crippen LogP contribution in [0, 0.1) is 11.8 Å². The number of likely N-dealkylation sites (N-methyl/N-ethyl adjacent to an activating group) is 1. The van der Waals surface area contributed by atoms with Gasteiger partial charge < -0.3 is 9.64 Å². The number of rotatable bonds is 3. The molecule has 0 N–H and O–H groups in total. The molecule has 1 aromatic carbocycles. The van der Waals surface area contributed by atoms with E-state index in [4.69, 9.17) is 4.74 Å². The number of anilines is 1. The quantitative estimate of drug-likeness (QED) is 0.659. The molecule has 1 aromatic rings. The lowest BCUT2D eigenvalue weighted by atomic mass is 9.49. The third-order valence-corrected chi connectivity index (χ3v) is 10.3. The second-order valence-corrected chi connectivity index (χ2v) is 12.1. The molecule has 5 aliphatic rings. The maximum atomic E-state index is 13.7. The Morgan fingerprint density at radius 1 is 1.14 bits per heavy atom. The van der Waals surface area contributed by atoms with Crippen molar-refractivity contribution in [2.24, 2.45) is 11.8 Å². The van der Waals surface area contributed by atoms with E-state index in [2.05, 4.69) is 20.8 Å². The highest BCUT2D eigenvalue weighted by molar-refractivity contribution is 9.10. The van der Waals surface area contributed by atoms with Gasteiger partial charge in [-0.2, -0.15) is 4.31 Å². The summed E-state index contributed by atoms with van der Waals surface area (Å²) in [5.41, 5.74) is 1.03. The first-order valence-corrected chi connectivity index (χ1v) is 12.7. The molecule has 0 amide bonds. The monoisotopic (exact) mass is 468 g/mol. The third kappa shape index (κ3) is 2.68. The van der Waals surface area contributed by atoms with Crippen molar-refractivity contribution >= 4 is 31.6 Å². The second-order valence-electron chi connectivity index (χ2n) is 9.25. The number of hydrogen-bond acceptors (Lipinski definition) is 4. The SMILES string of the molecule is COc1cc2c(cc1Br)N(C13CC(C1)C3)C[C@@H](C1CCCCC1)N(C)S2(=O)=O. The number of benzene rings is 1. The molecule has 0 unspecified atom stereocenters. The normalized spacial score (nSPS) is 34.8. The molecule has 154 valence electrons. The number of sulfonamides is 1. The van der Waals surface area contributed by atoms with Gasteiger partial charge in [-0.3, -0.25) is 0 Å². The minimum absolute atomic E-state index is 0.0384. The molecule has 2 bridgehead atoms. The van der Waals surface area contributed by atoms with E-state index < -0.39 is 10.0 Å². The predicted octanol–water partition coefficient (Wildman–Crippen LogP) is 4.40. The molecule has 0 radical (unpaired) electrons. The molecule has 1 aliphatic heterocycles. The summed E-state index contributed by atoms with van der Waals surface area (Å²) in [6, 6.07) is 3.73. The Labute approximate surface area is 176 Å². The minimum atomic E-state index is -3.57. The Bertz CT molecular complexity index is 880. The second kappa shape index (κ2) is 6.61. The smallest absolute Gasteiger partial charge is 0.245 e. The Morgan fingerprint density at radius 3 is 2.39 bits per heavy atom. The molecule has 4 saturated carbocycles. The maximum absolute atomic E-state index is 13.7. The molecule has 1 atom stereocenters. The lowest BCUT2D eigenvalue weighted by Gasteiger charge is -2.67. The van der Waals surface area contributed by atoms with E-state index in [0.717, 1.165) is 35.5 Å². The van der Waals surface area contributed by atoms with Crippen molar-refractivity contribution in [1.82, 2.24) is 4.31 Å². The van der Waals surface area contributed by atoms with Crippen molar-refractivity contribution in [2.45, 2.75) is 67.8 Å². The topological polar surface area (TPSA) is 49.9 Å². The highest BCUT2D eigenvalue weighted by atomic mass is 79.9. The minimum Gasteiger partial charge on any atom is -0.496 e. The van der Waals surface area contributed by atoms with Crippen molar-refractivity contribution in [3.05, 3.63) is 16.6 Å². The first-order chi connectivity index (χ1) is 13.4. The zero-order valence-electron chi connectivity index (χ0n) is 16.7. The fourth-order valence-electron chi connectivity index (χ4n) is 6.01. The molecule has 28 heavy (non-hydrogen) atoms. The molecule has 1 heterocycles. The molecule has 6 rings (SSSR count). The van der Waals surface area contributed by atoms with Gasteiger partial charge in [0.1, 0.15) is 10.6 Å². The Balaban J connectivity index is 1.65. The van der Waals surface area contributed by atoms with Crippen molar-refractivity contribution in [3.63, 3.8) is 0 Å². The summed E-state index contributed by atoms with van der Waals surface area (Å²) in [7, 11) is -0.198. The summed E-state index contributed by atoms with van der Waals surface area (Å²) in [6.45, 7) is 0.804. The number of fused-ring (bicyclic) bond motifs is 1.